The number of nitriles is 1. The van der Waals surface area contributed by atoms with Crippen molar-refractivity contribution in [2.24, 2.45) is 0 Å². The van der Waals surface area contributed by atoms with E-state index in [9.17, 15) is 19.6 Å². The Labute approximate surface area is 203 Å². The lowest BCUT2D eigenvalue weighted by Gasteiger charge is -2.23. The zero-order valence-corrected chi connectivity index (χ0v) is 20.8. The summed E-state index contributed by atoms with van der Waals surface area (Å²) in [6.07, 6.45) is -0.572. The molecule has 0 aliphatic carbocycles. The minimum atomic E-state index is -1.12. The molecule has 0 bridgehead atoms. The fraction of sp³-hybridized carbons (Fsp3) is 0.550. The lowest BCUT2D eigenvalue weighted by molar-refractivity contribution is -0.166. The van der Waals surface area contributed by atoms with E-state index in [0.717, 1.165) is 0 Å². The van der Waals surface area contributed by atoms with Gasteiger partial charge in [0.1, 0.15) is 17.7 Å². The molecular formula is C20H23N5O7S2. The minimum Gasteiger partial charge on any atom is -0.463 e. The normalized spacial score (nSPS) is 21.8. The number of rotatable bonds is 8. The van der Waals surface area contributed by atoms with E-state index in [0.29, 0.717) is 26.9 Å². The highest BCUT2D eigenvalue weighted by Crippen LogP contribution is 2.38. The van der Waals surface area contributed by atoms with Gasteiger partial charge in [0.2, 0.25) is 0 Å². The van der Waals surface area contributed by atoms with Crippen molar-refractivity contribution in [1.82, 2.24) is 19.7 Å². The van der Waals surface area contributed by atoms with Crippen LogP contribution in [0.25, 0.3) is 11.0 Å². The largest absolute Gasteiger partial charge is 0.463 e. The first-order chi connectivity index (χ1) is 16.2. The number of carbonyl (C=O) groups excluding carboxylic acids is 3. The molecule has 0 unspecified atom stereocenters. The van der Waals surface area contributed by atoms with Crippen molar-refractivity contribution in [1.29, 1.82) is 5.26 Å². The first-order valence-electron chi connectivity index (χ1n) is 10.1. The van der Waals surface area contributed by atoms with E-state index in [1.165, 1.54) is 49.0 Å². The summed E-state index contributed by atoms with van der Waals surface area (Å²) in [6, 6.07) is 2.08. The molecule has 4 atom stereocenters. The maximum atomic E-state index is 11.9. The highest BCUT2D eigenvalue weighted by Gasteiger charge is 2.51. The van der Waals surface area contributed by atoms with Gasteiger partial charge in [0.05, 0.1) is 23.6 Å². The van der Waals surface area contributed by atoms with Gasteiger partial charge in [-0.05, 0) is 12.5 Å². The number of hydrogen-bond donors (Lipinski definition) is 0. The molecular weight excluding hydrogens is 486 g/mol. The molecule has 34 heavy (non-hydrogen) atoms. The Morgan fingerprint density at radius 2 is 1.74 bits per heavy atom. The van der Waals surface area contributed by atoms with E-state index in [1.807, 2.05) is 12.5 Å². The van der Waals surface area contributed by atoms with Crippen LogP contribution in [0.3, 0.4) is 0 Å². The van der Waals surface area contributed by atoms with Crippen molar-refractivity contribution in [2.45, 2.75) is 61.9 Å². The molecule has 12 nitrogen and oxygen atoms in total. The highest BCUT2D eigenvalue weighted by molar-refractivity contribution is 7.99. The second-order valence-electron chi connectivity index (χ2n) is 7.16. The zero-order valence-electron chi connectivity index (χ0n) is 19.1. The Morgan fingerprint density at radius 1 is 1.06 bits per heavy atom. The van der Waals surface area contributed by atoms with E-state index >= 15 is 0 Å². The molecule has 1 saturated heterocycles. The van der Waals surface area contributed by atoms with Crippen molar-refractivity contribution >= 4 is 52.5 Å². The predicted molar refractivity (Wildman–Crippen MR) is 120 cm³/mol. The second-order valence-corrected chi connectivity index (χ2v) is 8.73. The summed E-state index contributed by atoms with van der Waals surface area (Å²) in [5, 5.41) is 15.6. The topological polar surface area (TPSA) is 156 Å². The summed E-state index contributed by atoms with van der Waals surface area (Å²) in [4.78, 5) is 44.2. The van der Waals surface area contributed by atoms with Crippen molar-refractivity contribution in [2.75, 3.05) is 19.1 Å². The van der Waals surface area contributed by atoms with Gasteiger partial charge < -0.3 is 18.9 Å². The van der Waals surface area contributed by atoms with Crippen LogP contribution in [0, 0.1) is 11.3 Å². The molecule has 0 saturated carbocycles. The van der Waals surface area contributed by atoms with Gasteiger partial charge in [-0.2, -0.15) is 10.4 Å². The Kier molecular flexibility index (Phi) is 8.34. The van der Waals surface area contributed by atoms with E-state index in [4.69, 9.17) is 18.9 Å². The van der Waals surface area contributed by atoms with E-state index in [2.05, 4.69) is 21.1 Å². The van der Waals surface area contributed by atoms with Crippen molar-refractivity contribution in [3.05, 3.63) is 5.69 Å². The van der Waals surface area contributed by atoms with Crippen LogP contribution in [0.15, 0.2) is 10.2 Å². The first kappa shape index (κ1) is 25.7. The number of thioether (sulfide) groups is 2. The third-order valence-corrected chi connectivity index (χ3v) is 6.00. The predicted octanol–water partition coefficient (Wildman–Crippen LogP) is 1.66. The number of ether oxygens (including phenoxy) is 4. The number of aromatic nitrogens is 4. The summed E-state index contributed by atoms with van der Waals surface area (Å²) < 4.78 is 23.5. The average Bonchev–Trinajstić information content (AvgIpc) is 3.29. The third kappa shape index (κ3) is 5.43. The summed E-state index contributed by atoms with van der Waals surface area (Å²) in [5.41, 5.74) is 0.790. The molecule has 0 spiro atoms. The van der Waals surface area contributed by atoms with Crippen molar-refractivity contribution in [3.63, 3.8) is 0 Å². The minimum absolute atomic E-state index is 0.0196. The molecule has 3 rings (SSSR count). The van der Waals surface area contributed by atoms with Gasteiger partial charge in [0, 0.05) is 20.8 Å². The molecule has 2 aromatic rings. The second kappa shape index (κ2) is 11.0. The average molecular weight is 510 g/mol. The van der Waals surface area contributed by atoms with Crippen molar-refractivity contribution in [3.8, 4) is 6.07 Å². The van der Waals surface area contributed by atoms with Crippen LogP contribution in [-0.4, -0.2) is 75.1 Å². The van der Waals surface area contributed by atoms with Crippen LogP contribution < -0.4 is 0 Å². The third-order valence-electron chi connectivity index (χ3n) is 4.77. The van der Waals surface area contributed by atoms with Gasteiger partial charge in [0.25, 0.3) is 0 Å². The van der Waals surface area contributed by atoms with E-state index in [-0.39, 0.29) is 13.0 Å². The van der Waals surface area contributed by atoms with Crippen molar-refractivity contribution < 1.29 is 33.3 Å². The van der Waals surface area contributed by atoms with Gasteiger partial charge in [-0.3, -0.25) is 14.4 Å². The van der Waals surface area contributed by atoms with Crippen LogP contribution in [-0.2, 0) is 39.8 Å². The number of hydrogen-bond acceptors (Lipinski definition) is 13. The van der Waals surface area contributed by atoms with Crippen LogP contribution in [0.4, 0.5) is 0 Å². The monoisotopic (exact) mass is 509 g/mol. The zero-order chi connectivity index (χ0) is 25.0. The fourth-order valence-electron chi connectivity index (χ4n) is 3.56. The Balaban J connectivity index is 2.18. The quantitative estimate of drug-likeness (QED) is 0.167. The number of carbonyl (C=O) groups is 3. The number of nitrogens with zero attached hydrogens (tertiary/aromatic N) is 5. The van der Waals surface area contributed by atoms with Crippen LogP contribution in [0.1, 0.15) is 32.7 Å². The van der Waals surface area contributed by atoms with Crippen LogP contribution in [0.2, 0.25) is 0 Å². The van der Waals surface area contributed by atoms with Gasteiger partial charge in [0.15, 0.2) is 29.2 Å². The van der Waals surface area contributed by atoms with Gasteiger partial charge in [-0.25, -0.2) is 14.6 Å². The Bertz CT molecular complexity index is 1150. The lowest BCUT2D eigenvalue weighted by Crippen LogP contribution is -2.40. The smallest absolute Gasteiger partial charge is 0.303 e. The molecule has 1 fully saturated rings. The van der Waals surface area contributed by atoms with Gasteiger partial charge in [-0.1, -0.05) is 11.8 Å². The summed E-state index contributed by atoms with van der Waals surface area (Å²) in [6.45, 7) is 3.41. The van der Waals surface area contributed by atoms with Crippen LogP contribution in [0.5, 0.6) is 0 Å². The highest BCUT2D eigenvalue weighted by atomic mass is 32.2. The lowest BCUT2D eigenvalue weighted by atomic mass is 10.1. The van der Waals surface area contributed by atoms with Gasteiger partial charge >= 0.3 is 17.9 Å². The number of esters is 3. The summed E-state index contributed by atoms with van der Waals surface area (Å²) >= 11 is 2.70. The first-order valence-corrected chi connectivity index (χ1v) is 12.5. The molecule has 0 amide bonds. The fourth-order valence-corrected chi connectivity index (χ4v) is 4.57. The standard InChI is InChI=1S/C20H23N5O7S2/c1-9(26)29-8-13-15(30-10(2)27)16(31-11(3)28)19(32-13)25-17-14(12(24-25)6-7-21)18(33-4)23-20(22-17)34-5/h13,15-16,19H,6,8H2,1-5H3/t13-,15-,16-,19+/m1/s1. The van der Waals surface area contributed by atoms with Crippen LogP contribution >= 0.6 is 23.5 Å². The molecule has 0 radical (unpaired) electrons. The molecule has 0 aromatic carbocycles. The van der Waals surface area contributed by atoms with E-state index < -0.39 is 42.4 Å². The summed E-state index contributed by atoms with van der Waals surface area (Å²) in [7, 11) is 0. The molecule has 1 aliphatic heterocycles. The number of fused-ring (bicyclic) bond motifs is 1. The SMILES string of the molecule is CSc1nc(SC)c2c(CC#N)nn([C@H]3O[C@H](COC(C)=O)[C@@H](OC(C)=O)[C@H]3OC(C)=O)c2n1. The summed E-state index contributed by atoms with van der Waals surface area (Å²) in [5.74, 6) is -1.83. The van der Waals surface area contributed by atoms with E-state index in [1.54, 1.807) is 0 Å². The molecule has 3 heterocycles. The Morgan fingerprint density at radius 3 is 2.29 bits per heavy atom. The molecule has 182 valence electrons. The molecule has 0 N–H and O–H groups in total. The molecule has 2 aromatic heterocycles. The Hall–Kier alpha value is -2.89. The molecule has 14 heteroatoms. The maximum Gasteiger partial charge on any atom is 0.303 e. The molecule has 1 aliphatic rings. The van der Waals surface area contributed by atoms with Gasteiger partial charge in [-0.15, -0.1) is 11.8 Å². The maximum absolute atomic E-state index is 11.9.